The monoisotopic (exact) mass is 492 g/mol. The number of benzene rings is 1. The second-order valence-corrected chi connectivity index (χ2v) is 9.59. The summed E-state index contributed by atoms with van der Waals surface area (Å²) >= 11 is 0. The van der Waals surface area contributed by atoms with Crippen LogP contribution in [0.4, 0.5) is 5.82 Å². The summed E-state index contributed by atoms with van der Waals surface area (Å²) < 4.78 is 43.6. The number of aromatic nitrogens is 1. The van der Waals surface area contributed by atoms with Crippen LogP contribution < -0.4 is 14.8 Å². The molecule has 2 heterocycles. The Bertz CT molecular complexity index is 1160. The number of aryl methyl sites for hydroxylation is 1. The zero-order chi connectivity index (χ0) is 24.9. The molecule has 3 rings (SSSR count). The number of amides is 2. The Hall–Kier alpha value is -3.22. The minimum Gasteiger partial charge on any atom is -0.493 e. The lowest BCUT2D eigenvalue weighted by Crippen LogP contribution is -2.40. The molecule has 2 aromatic rings. The number of hydrogen-bond donors (Lipinski definition) is 1. The fourth-order valence-electron chi connectivity index (χ4n) is 3.46. The molecular formula is C22H28N4O7S. The molecule has 1 saturated heterocycles. The number of carbonyl (C=O) groups excluding carboxylic acids is 2. The molecule has 0 spiro atoms. The fraction of sp³-hybridized carbons (Fsp3) is 0.409. The van der Waals surface area contributed by atoms with E-state index in [0.717, 1.165) is 10.5 Å². The van der Waals surface area contributed by atoms with E-state index in [4.69, 9.17) is 14.2 Å². The molecule has 0 radical (unpaired) electrons. The number of methoxy groups -OCH3 is 2. The van der Waals surface area contributed by atoms with Crippen molar-refractivity contribution in [3.05, 3.63) is 41.6 Å². The van der Waals surface area contributed by atoms with Crippen LogP contribution in [0.15, 0.2) is 35.4 Å². The standard InChI is InChI=1S/C22H28N4O7S/c1-15-5-6-23-19(11-15)24-20(27)14-25(2)22(28)17-12-16(13-18(31-3)21(17)32-4)34(29,30)26-7-9-33-10-8-26/h5-6,11-13H,7-10,14H2,1-4H3,(H,23,24,27). The van der Waals surface area contributed by atoms with Crippen LogP contribution >= 0.6 is 0 Å². The number of carbonyl (C=O) groups is 2. The van der Waals surface area contributed by atoms with Crippen molar-refractivity contribution >= 4 is 27.7 Å². The molecule has 11 nitrogen and oxygen atoms in total. The molecule has 1 fully saturated rings. The highest BCUT2D eigenvalue weighted by Crippen LogP contribution is 2.36. The predicted octanol–water partition coefficient (Wildman–Crippen LogP) is 1.14. The van der Waals surface area contributed by atoms with E-state index in [1.807, 2.05) is 6.92 Å². The van der Waals surface area contributed by atoms with E-state index in [2.05, 4.69) is 10.3 Å². The van der Waals surface area contributed by atoms with Crippen LogP contribution in [0, 0.1) is 6.92 Å². The highest BCUT2D eigenvalue weighted by Gasteiger charge is 2.31. The molecule has 0 aliphatic carbocycles. The highest BCUT2D eigenvalue weighted by molar-refractivity contribution is 7.89. The lowest BCUT2D eigenvalue weighted by atomic mass is 10.1. The second-order valence-electron chi connectivity index (χ2n) is 7.65. The van der Waals surface area contributed by atoms with Gasteiger partial charge < -0.3 is 24.4 Å². The van der Waals surface area contributed by atoms with E-state index < -0.39 is 21.8 Å². The number of likely N-dealkylation sites (N-methyl/N-ethyl adjacent to an activating group) is 1. The van der Waals surface area contributed by atoms with E-state index in [9.17, 15) is 18.0 Å². The second kappa shape index (κ2) is 10.8. The van der Waals surface area contributed by atoms with Crippen molar-refractivity contribution in [3.8, 4) is 11.5 Å². The Labute approximate surface area is 198 Å². The van der Waals surface area contributed by atoms with Gasteiger partial charge in [-0.15, -0.1) is 0 Å². The SMILES string of the molecule is COc1cc(S(=O)(=O)N2CCOCC2)cc(C(=O)N(C)CC(=O)Nc2cc(C)ccn2)c1OC. The molecule has 1 aromatic heterocycles. The van der Waals surface area contributed by atoms with Gasteiger partial charge in [0.05, 0.1) is 44.4 Å². The minimum atomic E-state index is -3.91. The third-order valence-electron chi connectivity index (χ3n) is 5.20. The summed E-state index contributed by atoms with van der Waals surface area (Å²) in [4.78, 5) is 30.8. The Morgan fingerprint density at radius 3 is 2.50 bits per heavy atom. The zero-order valence-electron chi connectivity index (χ0n) is 19.5. The quantitative estimate of drug-likeness (QED) is 0.581. The largest absolute Gasteiger partial charge is 0.493 e. The van der Waals surface area contributed by atoms with Gasteiger partial charge >= 0.3 is 0 Å². The minimum absolute atomic E-state index is 0.0438. The van der Waals surface area contributed by atoms with Crippen LogP contribution in [0.1, 0.15) is 15.9 Å². The van der Waals surface area contributed by atoms with E-state index in [-0.39, 0.29) is 54.8 Å². The van der Waals surface area contributed by atoms with Crippen LogP contribution in [0.25, 0.3) is 0 Å². The van der Waals surface area contributed by atoms with Crippen LogP contribution in [0.5, 0.6) is 11.5 Å². The van der Waals surface area contributed by atoms with Crippen molar-refractivity contribution in [2.45, 2.75) is 11.8 Å². The molecule has 0 saturated carbocycles. The van der Waals surface area contributed by atoms with Gasteiger partial charge in [0.2, 0.25) is 15.9 Å². The van der Waals surface area contributed by atoms with Crippen LogP contribution in [0.3, 0.4) is 0 Å². The first kappa shape index (κ1) is 25.4. The van der Waals surface area contributed by atoms with Crippen LogP contribution in [-0.4, -0.2) is 88.5 Å². The zero-order valence-corrected chi connectivity index (χ0v) is 20.3. The van der Waals surface area contributed by atoms with Crippen molar-refractivity contribution in [1.29, 1.82) is 0 Å². The third-order valence-corrected chi connectivity index (χ3v) is 7.08. The van der Waals surface area contributed by atoms with Gasteiger partial charge in [0.1, 0.15) is 5.82 Å². The number of morpholine rings is 1. The molecule has 0 bridgehead atoms. The first-order valence-corrected chi connectivity index (χ1v) is 11.9. The predicted molar refractivity (Wildman–Crippen MR) is 124 cm³/mol. The average molecular weight is 493 g/mol. The summed E-state index contributed by atoms with van der Waals surface area (Å²) in [5.74, 6) is -0.551. The van der Waals surface area contributed by atoms with Crippen molar-refractivity contribution in [2.24, 2.45) is 0 Å². The molecule has 2 amide bonds. The summed E-state index contributed by atoms with van der Waals surface area (Å²) in [5, 5.41) is 2.64. The van der Waals surface area contributed by atoms with E-state index >= 15 is 0 Å². The normalized spacial score (nSPS) is 14.4. The molecule has 1 aliphatic heterocycles. The maximum Gasteiger partial charge on any atom is 0.258 e. The van der Waals surface area contributed by atoms with E-state index in [1.165, 1.54) is 37.7 Å². The summed E-state index contributed by atoms with van der Waals surface area (Å²) in [6.07, 6.45) is 1.57. The number of ether oxygens (including phenoxy) is 3. The van der Waals surface area contributed by atoms with Crippen LogP contribution in [-0.2, 0) is 19.6 Å². The Morgan fingerprint density at radius 1 is 1.18 bits per heavy atom. The molecular weight excluding hydrogens is 464 g/mol. The maximum atomic E-state index is 13.3. The van der Waals surface area contributed by atoms with Gasteiger partial charge in [0, 0.05) is 32.4 Å². The summed E-state index contributed by atoms with van der Waals surface area (Å²) in [6.45, 7) is 2.54. The van der Waals surface area contributed by atoms with Crippen molar-refractivity contribution in [1.82, 2.24) is 14.2 Å². The smallest absolute Gasteiger partial charge is 0.258 e. The van der Waals surface area contributed by atoms with Gasteiger partial charge in [-0.3, -0.25) is 9.59 Å². The first-order chi connectivity index (χ1) is 16.2. The number of nitrogens with zero attached hydrogens (tertiary/aromatic N) is 3. The highest BCUT2D eigenvalue weighted by atomic mass is 32.2. The lowest BCUT2D eigenvalue weighted by molar-refractivity contribution is -0.116. The number of pyridine rings is 1. The van der Waals surface area contributed by atoms with Gasteiger partial charge in [0.25, 0.3) is 5.91 Å². The molecule has 184 valence electrons. The molecule has 1 aliphatic rings. The maximum absolute atomic E-state index is 13.3. The molecule has 1 N–H and O–H groups in total. The van der Waals surface area contributed by atoms with Gasteiger partial charge in [0.15, 0.2) is 11.5 Å². The average Bonchev–Trinajstić information content (AvgIpc) is 2.82. The molecule has 34 heavy (non-hydrogen) atoms. The van der Waals surface area contributed by atoms with E-state index in [0.29, 0.717) is 5.82 Å². The van der Waals surface area contributed by atoms with Crippen molar-refractivity contribution < 1.29 is 32.2 Å². The van der Waals surface area contributed by atoms with Crippen LogP contribution in [0.2, 0.25) is 0 Å². The number of anilines is 1. The van der Waals surface area contributed by atoms with Gasteiger partial charge in [-0.05, 0) is 30.7 Å². The number of nitrogens with one attached hydrogen (secondary N) is 1. The molecule has 0 atom stereocenters. The lowest BCUT2D eigenvalue weighted by Gasteiger charge is -2.27. The Kier molecular flexibility index (Phi) is 8.07. The van der Waals surface area contributed by atoms with Gasteiger partial charge in [-0.1, -0.05) is 0 Å². The summed E-state index contributed by atoms with van der Waals surface area (Å²) in [7, 11) is 0.220. The van der Waals surface area contributed by atoms with Crippen molar-refractivity contribution in [2.75, 3.05) is 59.4 Å². The van der Waals surface area contributed by atoms with Crippen molar-refractivity contribution in [3.63, 3.8) is 0 Å². The first-order valence-electron chi connectivity index (χ1n) is 10.5. The summed E-state index contributed by atoms with van der Waals surface area (Å²) in [6, 6.07) is 6.05. The molecule has 1 aromatic carbocycles. The molecule has 0 unspecified atom stereocenters. The Balaban J connectivity index is 1.88. The molecule has 12 heteroatoms. The van der Waals surface area contributed by atoms with Gasteiger partial charge in [-0.25, -0.2) is 13.4 Å². The number of sulfonamides is 1. The third kappa shape index (κ3) is 5.64. The number of hydrogen-bond acceptors (Lipinski definition) is 8. The Morgan fingerprint density at radius 2 is 1.88 bits per heavy atom. The van der Waals surface area contributed by atoms with E-state index in [1.54, 1.807) is 18.3 Å². The summed E-state index contributed by atoms with van der Waals surface area (Å²) in [5.41, 5.74) is 0.877. The fourth-order valence-corrected chi connectivity index (χ4v) is 4.91. The van der Waals surface area contributed by atoms with Gasteiger partial charge in [-0.2, -0.15) is 4.31 Å². The number of rotatable bonds is 8. The topological polar surface area (TPSA) is 127 Å².